The molecule has 0 saturated carbocycles. The molecule has 88 valence electrons. The highest BCUT2D eigenvalue weighted by molar-refractivity contribution is 6.28. The van der Waals surface area contributed by atoms with Gasteiger partial charge in [-0.3, -0.25) is 0 Å². The smallest absolute Gasteiger partial charge is 0.224 e. The van der Waals surface area contributed by atoms with Crippen LogP contribution in [-0.4, -0.2) is 9.97 Å². The zero-order chi connectivity index (χ0) is 12.3. The Bertz CT molecular complexity index is 512. The van der Waals surface area contributed by atoms with E-state index < -0.39 is 0 Å². The molecule has 2 rings (SSSR count). The van der Waals surface area contributed by atoms with Crippen molar-refractivity contribution in [3.63, 3.8) is 0 Å². The Morgan fingerprint density at radius 2 is 1.94 bits per heavy atom. The first-order valence-corrected chi connectivity index (χ1v) is 5.89. The first-order valence-electron chi connectivity index (χ1n) is 5.51. The molecule has 0 atom stereocenters. The van der Waals surface area contributed by atoms with E-state index in [1.807, 2.05) is 18.2 Å². The van der Waals surface area contributed by atoms with E-state index in [-0.39, 0.29) is 5.28 Å². The maximum atomic E-state index is 5.75. The molecule has 3 nitrogen and oxygen atoms in total. The van der Waals surface area contributed by atoms with Crippen LogP contribution in [-0.2, 0) is 0 Å². The second-order valence-electron chi connectivity index (χ2n) is 4.08. The summed E-state index contributed by atoms with van der Waals surface area (Å²) in [4.78, 5) is 7.97. The molecule has 1 aromatic heterocycles. The van der Waals surface area contributed by atoms with Gasteiger partial charge in [0.05, 0.1) is 0 Å². The number of benzene rings is 1. The fourth-order valence-electron chi connectivity index (χ4n) is 1.66. The van der Waals surface area contributed by atoms with E-state index in [4.69, 9.17) is 11.6 Å². The summed E-state index contributed by atoms with van der Waals surface area (Å²) in [5, 5.41) is 3.51. The second-order valence-corrected chi connectivity index (χ2v) is 4.42. The molecular formula is C13H14ClN3. The van der Waals surface area contributed by atoms with E-state index in [0.29, 0.717) is 11.7 Å². The summed E-state index contributed by atoms with van der Waals surface area (Å²) in [5.41, 5.74) is 2.31. The molecule has 0 aliphatic carbocycles. The molecule has 1 heterocycles. The van der Waals surface area contributed by atoms with Crippen LogP contribution < -0.4 is 5.32 Å². The maximum Gasteiger partial charge on any atom is 0.224 e. The summed E-state index contributed by atoms with van der Waals surface area (Å²) in [5.74, 6) is 1.16. The van der Waals surface area contributed by atoms with E-state index in [1.54, 1.807) is 12.3 Å². The van der Waals surface area contributed by atoms with Gasteiger partial charge in [0.25, 0.3) is 0 Å². The lowest BCUT2D eigenvalue weighted by Gasteiger charge is -2.13. The SMILES string of the molecule is CC(C)c1ccccc1Nc1ccnc(Cl)n1. The van der Waals surface area contributed by atoms with Gasteiger partial charge in [0.2, 0.25) is 5.28 Å². The molecule has 0 spiro atoms. The summed E-state index contributed by atoms with van der Waals surface area (Å²) >= 11 is 5.75. The Morgan fingerprint density at radius 3 is 2.65 bits per heavy atom. The fourth-order valence-corrected chi connectivity index (χ4v) is 1.80. The number of nitrogens with zero attached hydrogens (tertiary/aromatic N) is 2. The normalized spacial score (nSPS) is 10.6. The van der Waals surface area contributed by atoms with Crippen molar-refractivity contribution < 1.29 is 0 Å². The van der Waals surface area contributed by atoms with Crippen molar-refractivity contribution in [1.29, 1.82) is 0 Å². The van der Waals surface area contributed by atoms with Crippen molar-refractivity contribution in [2.75, 3.05) is 5.32 Å². The number of para-hydroxylation sites is 1. The summed E-state index contributed by atoms with van der Waals surface area (Å²) in [7, 11) is 0. The lowest BCUT2D eigenvalue weighted by atomic mass is 10.0. The second kappa shape index (κ2) is 5.15. The number of halogens is 1. The van der Waals surface area contributed by atoms with Gasteiger partial charge < -0.3 is 5.32 Å². The molecule has 0 aliphatic heterocycles. The van der Waals surface area contributed by atoms with Crippen LogP contribution in [0.1, 0.15) is 25.3 Å². The number of nitrogens with one attached hydrogen (secondary N) is 1. The lowest BCUT2D eigenvalue weighted by Crippen LogP contribution is -1.99. The molecule has 1 N–H and O–H groups in total. The van der Waals surface area contributed by atoms with Crippen LogP contribution in [0.2, 0.25) is 5.28 Å². The highest BCUT2D eigenvalue weighted by atomic mass is 35.5. The Balaban J connectivity index is 2.30. The number of hydrogen-bond donors (Lipinski definition) is 1. The van der Waals surface area contributed by atoms with Gasteiger partial charge in [-0.05, 0) is 35.2 Å². The summed E-state index contributed by atoms with van der Waals surface area (Å²) in [6.07, 6.45) is 1.63. The Labute approximate surface area is 106 Å². The van der Waals surface area contributed by atoms with Crippen molar-refractivity contribution in [2.45, 2.75) is 19.8 Å². The van der Waals surface area contributed by atoms with E-state index in [1.165, 1.54) is 5.56 Å². The van der Waals surface area contributed by atoms with Crippen molar-refractivity contribution in [2.24, 2.45) is 0 Å². The molecule has 0 unspecified atom stereocenters. The van der Waals surface area contributed by atoms with E-state index in [9.17, 15) is 0 Å². The largest absolute Gasteiger partial charge is 0.340 e. The van der Waals surface area contributed by atoms with E-state index >= 15 is 0 Å². The van der Waals surface area contributed by atoms with Gasteiger partial charge in [-0.1, -0.05) is 32.0 Å². The van der Waals surface area contributed by atoms with Gasteiger partial charge >= 0.3 is 0 Å². The minimum atomic E-state index is 0.247. The molecule has 0 amide bonds. The summed E-state index contributed by atoms with van der Waals surface area (Å²) in [6, 6.07) is 9.97. The van der Waals surface area contributed by atoms with Crippen LogP contribution in [0, 0.1) is 0 Å². The van der Waals surface area contributed by atoms with Gasteiger partial charge in [-0.2, -0.15) is 0 Å². The molecule has 0 bridgehead atoms. The van der Waals surface area contributed by atoms with Gasteiger partial charge in [0.1, 0.15) is 5.82 Å². The molecule has 0 aliphatic rings. The molecular weight excluding hydrogens is 234 g/mol. The fraction of sp³-hybridized carbons (Fsp3) is 0.231. The van der Waals surface area contributed by atoms with Crippen LogP contribution in [0.25, 0.3) is 0 Å². The minimum Gasteiger partial charge on any atom is -0.340 e. The number of aromatic nitrogens is 2. The zero-order valence-corrected chi connectivity index (χ0v) is 10.6. The standard InChI is InChI=1S/C13H14ClN3/c1-9(2)10-5-3-4-6-11(10)16-12-7-8-15-13(14)17-12/h3-9H,1-2H3,(H,15,16,17). The van der Waals surface area contributed by atoms with Crippen molar-refractivity contribution >= 4 is 23.1 Å². The molecule has 1 aromatic carbocycles. The average Bonchev–Trinajstić information content (AvgIpc) is 2.29. The quantitative estimate of drug-likeness (QED) is 0.834. The molecule has 4 heteroatoms. The van der Waals surface area contributed by atoms with Crippen LogP contribution in [0.3, 0.4) is 0 Å². The average molecular weight is 248 g/mol. The van der Waals surface area contributed by atoms with Crippen LogP contribution in [0.4, 0.5) is 11.5 Å². The summed E-state index contributed by atoms with van der Waals surface area (Å²) in [6.45, 7) is 4.32. The summed E-state index contributed by atoms with van der Waals surface area (Å²) < 4.78 is 0. The van der Waals surface area contributed by atoms with E-state index in [0.717, 1.165) is 5.69 Å². The van der Waals surface area contributed by atoms with Crippen molar-refractivity contribution in [1.82, 2.24) is 9.97 Å². The molecule has 17 heavy (non-hydrogen) atoms. The molecule has 0 saturated heterocycles. The number of anilines is 2. The highest BCUT2D eigenvalue weighted by Crippen LogP contribution is 2.26. The molecule has 2 aromatic rings. The predicted molar refractivity (Wildman–Crippen MR) is 70.9 cm³/mol. The van der Waals surface area contributed by atoms with Crippen molar-refractivity contribution in [3.8, 4) is 0 Å². The van der Waals surface area contributed by atoms with Crippen LogP contribution in [0.15, 0.2) is 36.5 Å². The first-order chi connectivity index (χ1) is 8.16. The Hall–Kier alpha value is -1.61. The lowest BCUT2D eigenvalue weighted by molar-refractivity contribution is 0.869. The minimum absolute atomic E-state index is 0.247. The third-order valence-corrected chi connectivity index (χ3v) is 2.65. The highest BCUT2D eigenvalue weighted by Gasteiger charge is 2.06. The van der Waals surface area contributed by atoms with Crippen LogP contribution in [0.5, 0.6) is 0 Å². The van der Waals surface area contributed by atoms with E-state index in [2.05, 4.69) is 35.2 Å². The third kappa shape index (κ3) is 2.94. The van der Waals surface area contributed by atoms with Gasteiger partial charge in [-0.25, -0.2) is 9.97 Å². The predicted octanol–water partition coefficient (Wildman–Crippen LogP) is 4.00. The van der Waals surface area contributed by atoms with Gasteiger partial charge in [0, 0.05) is 11.9 Å². The van der Waals surface area contributed by atoms with Gasteiger partial charge in [-0.15, -0.1) is 0 Å². The zero-order valence-electron chi connectivity index (χ0n) is 9.81. The third-order valence-electron chi connectivity index (χ3n) is 2.47. The monoisotopic (exact) mass is 247 g/mol. The number of rotatable bonds is 3. The first kappa shape index (κ1) is 11.9. The Kier molecular flexibility index (Phi) is 3.59. The maximum absolute atomic E-state index is 5.75. The molecule has 0 radical (unpaired) electrons. The molecule has 0 fully saturated rings. The Morgan fingerprint density at radius 1 is 1.18 bits per heavy atom. The van der Waals surface area contributed by atoms with Crippen LogP contribution >= 0.6 is 11.6 Å². The van der Waals surface area contributed by atoms with Gasteiger partial charge in [0.15, 0.2) is 0 Å². The van der Waals surface area contributed by atoms with Crippen molar-refractivity contribution in [3.05, 3.63) is 47.4 Å². The topological polar surface area (TPSA) is 37.8 Å². The number of hydrogen-bond acceptors (Lipinski definition) is 3.